The van der Waals surface area contributed by atoms with E-state index in [2.05, 4.69) is 19.9 Å². The smallest absolute Gasteiger partial charge is 0.106 e. The molecule has 0 amide bonds. The quantitative estimate of drug-likeness (QED) is 0.561. The van der Waals surface area contributed by atoms with E-state index in [0.717, 1.165) is 28.5 Å². The Kier molecular flexibility index (Phi) is 12.8. The van der Waals surface area contributed by atoms with E-state index in [9.17, 15) is 0 Å². The standard InChI is InChI=1S/C10H13Cl.C8H8Cl2.CH2O/c1-2-3-6-9-7-4-5-8-10(9)11;1-2-6-3-4-7(9)5-8(6)10;1-2/h4-5,7-8H,2-3,6H2,1H3;3-5H,2H2,1H3;1H2. The van der Waals surface area contributed by atoms with E-state index in [0.29, 0.717) is 5.02 Å². The Hall–Kier alpha value is -1.02. The zero-order valence-electron chi connectivity index (χ0n) is 13.6. The van der Waals surface area contributed by atoms with Crippen molar-refractivity contribution in [3.63, 3.8) is 0 Å². The van der Waals surface area contributed by atoms with E-state index in [1.54, 1.807) is 6.07 Å². The summed E-state index contributed by atoms with van der Waals surface area (Å²) in [4.78, 5) is 8.00. The number of rotatable bonds is 4. The SMILES string of the molecule is C=O.CCCCc1ccccc1Cl.CCc1ccc(Cl)cc1Cl. The maximum Gasteiger partial charge on any atom is 0.106 e. The first-order chi connectivity index (χ1) is 11.1. The third kappa shape index (κ3) is 9.00. The monoisotopic (exact) mass is 372 g/mol. The molecule has 0 radical (unpaired) electrons. The molecular weight excluding hydrogens is 351 g/mol. The second kappa shape index (κ2) is 13.4. The van der Waals surface area contributed by atoms with E-state index >= 15 is 0 Å². The number of aryl methyl sites for hydroxylation is 2. The fourth-order valence-electron chi connectivity index (χ4n) is 1.88. The molecule has 0 aliphatic carbocycles. The molecule has 2 rings (SSSR count). The van der Waals surface area contributed by atoms with Crippen LogP contribution >= 0.6 is 34.8 Å². The molecule has 1 nitrogen and oxygen atoms in total. The third-order valence-corrected chi connectivity index (χ3v) is 4.11. The van der Waals surface area contributed by atoms with Gasteiger partial charge >= 0.3 is 0 Å². The molecule has 0 bridgehead atoms. The Morgan fingerprint density at radius 1 is 0.870 bits per heavy atom. The zero-order valence-corrected chi connectivity index (χ0v) is 15.9. The van der Waals surface area contributed by atoms with Crippen LogP contribution in [0.15, 0.2) is 42.5 Å². The van der Waals surface area contributed by atoms with Gasteiger partial charge in [0.25, 0.3) is 0 Å². The van der Waals surface area contributed by atoms with Gasteiger partial charge in [0, 0.05) is 15.1 Å². The average molecular weight is 374 g/mol. The normalized spacial score (nSPS) is 9.26. The summed E-state index contributed by atoms with van der Waals surface area (Å²) < 4.78 is 0. The van der Waals surface area contributed by atoms with Gasteiger partial charge in [0.05, 0.1) is 0 Å². The summed E-state index contributed by atoms with van der Waals surface area (Å²) in [7, 11) is 0. The van der Waals surface area contributed by atoms with Gasteiger partial charge in [-0.3, -0.25) is 0 Å². The van der Waals surface area contributed by atoms with Gasteiger partial charge in [-0.25, -0.2) is 0 Å². The number of hydrogen-bond donors (Lipinski definition) is 0. The highest BCUT2D eigenvalue weighted by molar-refractivity contribution is 6.35. The van der Waals surface area contributed by atoms with E-state index < -0.39 is 0 Å². The van der Waals surface area contributed by atoms with Crippen LogP contribution in [-0.4, -0.2) is 6.79 Å². The first-order valence-electron chi connectivity index (χ1n) is 7.54. The average Bonchev–Trinajstić information content (AvgIpc) is 2.57. The van der Waals surface area contributed by atoms with Crippen molar-refractivity contribution in [2.24, 2.45) is 0 Å². The fourth-order valence-corrected chi connectivity index (χ4v) is 2.65. The van der Waals surface area contributed by atoms with Crippen molar-refractivity contribution < 1.29 is 4.79 Å². The van der Waals surface area contributed by atoms with Gasteiger partial charge in [-0.15, -0.1) is 0 Å². The summed E-state index contributed by atoms with van der Waals surface area (Å²) in [6.07, 6.45) is 4.52. The van der Waals surface area contributed by atoms with Crippen LogP contribution in [0.5, 0.6) is 0 Å². The van der Waals surface area contributed by atoms with Crippen molar-refractivity contribution >= 4 is 41.6 Å². The van der Waals surface area contributed by atoms with Gasteiger partial charge in [0.2, 0.25) is 0 Å². The molecule has 0 fully saturated rings. The van der Waals surface area contributed by atoms with Gasteiger partial charge in [-0.2, -0.15) is 0 Å². The summed E-state index contributed by atoms with van der Waals surface area (Å²) in [6, 6.07) is 13.6. The van der Waals surface area contributed by atoms with Gasteiger partial charge in [-0.1, -0.05) is 79.3 Å². The topological polar surface area (TPSA) is 17.1 Å². The van der Waals surface area contributed by atoms with Crippen molar-refractivity contribution in [1.29, 1.82) is 0 Å². The predicted molar refractivity (Wildman–Crippen MR) is 103 cm³/mol. The summed E-state index contributed by atoms with van der Waals surface area (Å²) in [5.74, 6) is 0. The molecule has 0 saturated heterocycles. The third-order valence-electron chi connectivity index (χ3n) is 3.15. The molecule has 4 heteroatoms. The van der Waals surface area contributed by atoms with Crippen molar-refractivity contribution in [3.8, 4) is 0 Å². The highest BCUT2D eigenvalue weighted by atomic mass is 35.5. The number of carbonyl (C=O) groups excluding carboxylic acids is 1. The highest BCUT2D eigenvalue weighted by Crippen LogP contribution is 2.20. The lowest BCUT2D eigenvalue weighted by molar-refractivity contribution is -0.0979. The molecule has 0 aliphatic heterocycles. The largest absolute Gasteiger partial charge is 0.307 e. The lowest BCUT2D eigenvalue weighted by Gasteiger charge is -2.00. The van der Waals surface area contributed by atoms with Gasteiger partial charge in [-0.05, 0) is 48.6 Å². The van der Waals surface area contributed by atoms with Crippen LogP contribution in [0, 0.1) is 0 Å². The van der Waals surface area contributed by atoms with E-state index in [1.165, 1.54) is 18.4 Å². The maximum absolute atomic E-state index is 8.00. The van der Waals surface area contributed by atoms with Crippen molar-refractivity contribution in [3.05, 3.63) is 68.7 Å². The molecule has 0 spiro atoms. The molecule has 0 saturated carbocycles. The van der Waals surface area contributed by atoms with Crippen molar-refractivity contribution in [2.75, 3.05) is 0 Å². The minimum atomic E-state index is 0.696. The molecule has 0 atom stereocenters. The minimum Gasteiger partial charge on any atom is -0.307 e. The molecule has 23 heavy (non-hydrogen) atoms. The molecule has 0 aromatic heterocycles. The van der Waals surface area contributed by atoms with Crippen LogP contribution < -0.4 is 0 Å². The molecule has 0 heterocycles. The van der Waals surface area contributed by atoms with Crippen LogP contribution in [0.4, 0.5) is 0 Å². The summed E-state index contributed by atoms with van der Waals surface area (Å²) in [5.41, 5.74) is 2.42. The lowest BCUT2D eigenvalue weighted by atomic mass is 10.1. The van der Waals surface area contributed by atoms with E-state index in [-0.39, 0.29) is 0 Å². The van der Waals surface area contributed by atoms with Crippen LogP contribution in [0.1, 0.15) is 37.8 Å². The molecule has 126 valence electrons. The highest BCUT2D eigenvalue weighted by Gasteiger charge is 1.97. The molecule has 0 N–H and O–H groups in total. The van der Waals surface area contributed by atoms with Gasteiger partial charge < -0.3 is 4.79 Å². The van der Waals surface area contributed by atoms with Crippen LogP contribution in [0.25, 0.3) is 0 Å². The summed E-state index contributed by atoms with van der Waals surface area (Å²) in [5, 5.41) is 2.36. The first kappa shape index (κ1) is 22.0. The van der Waals surface area contributed by atoms with E-state index in [1.807, 2.05) is 37.1 Å². The number of carbonyl (C=O) groups is 1. The van der Waals surface area contributed by atoms with Gasteiger partial charge in [0.15, 0.2) is 0 Å². The number of benzene rings is 2. The van der Waals surface area contributed by atoms with Crippen LogP contribution in [-0.2, 0) is 17.6 Å². The van der Waals surface area contributed by atoms with Gasteiger partial charge in [0.1, 0.15) is 6.79 Å². The zero-order chi connectivity index (χ0) is 17.7. The molecule has 0 unspecified atom stereocenters. The van der Waals surface area contributed by atoms with Crippen molar-refractivity contribution in [2.45, 2.75) is 39.5 Å². The Balaban J connectivity index is 0.000000381. The second-order valence-electron chi connectivity index (χ2n) is 4.78. The number of unbranched alkanes of at least 4 members (excludes halogenated alkanes) is 1. The van der Waals surface area contributed by atoms with E-state index in [4.69, 9.17) is 39.6 Å². The summed E-state index contributed by atoms with van der Waals surface area (Å²) in [6.45, 7) is 6.26. The lowest BCUT2D eigenvalue weighted by Crippen LogP contribution is -1.84. The Morgan fingerprint density at radius 2 is 1.52 bits per heavy atom. The molecule has 2 aromatic carbocycles. The predicted octanol–water partition coefficient (Wildman–Crippen LogP) is 7.05. The summed E-state index contributed by atoms with van der Waals surface area (Å²) >= 11 is 17.5. The fraction of sp³-hybridized carbons (Fsp3) is 0.316. The maximum atomic E-state index is 8.00. The Morgan fingerprint density at radius 3 is 2.04 bits per heavy atom. The number of halogens is 3. The number of hydrogen-bond acceptors (Lipinski definition) is 1. The van der Waals surface area contributed by atoms with Crippen LogP contribution in [0.3, 0.4) is 0 Å². The van der Waals surface area contributed by atoms with Crippen LogP contribution in [0.2, 0.25) is 15.1 Å². The minimum absolute atomic E-state index is 0.696. The Labute approximate surface area is 154 Å². The molecule has 2 aromatic rings. The second-order valence-corrected chi connectivity index (χ2v) is 6.04. The molecule has 0 aliphatic rings. The van der Waals surface area contributed by atoms with Crippen molar-refractivity contribution in [1.82, 2.24) is 0 Å². The first-order valence-corrected chi connectivity index (χ1v) is 8.68. The molecular formula is C19H23Cl3O. The Bertz CT molecular complexity index is 570.